The summed E-state index contributed by atoms with van der Waals surface area (Å²) in [6.45, 7) is 0.190. The molecule has 0 spiro atoms. The Morgan fingerprint density at radius 1 is 1.42 bits per heavy atom. The van der Waals surface area contributed by atoms with E-state index >= 15 is 0 Å². The van der Waals surface area contributed by atoms with Gasteiger partial charge in [0.25, 0.3) is 6.43 Å². The second kappa shape index (κ2) is 7.68. The second-order valence-corrected chi connectivity index (χ2v) is 4.39. The van der Waals surface area contributed by atoms with Gasteiger partial charge in [0.2, 0.25) is 5.91 Å². The Kier molecular flexibility index (Phi) is 6.21. The van der Waals surface area contributed by atoms with Crippen molar-refractivity contribution in [3.05, 3.63) is 24.3 Å². The number of amides is 1. The third kappa shape index (κ3) is 6.15. The van der Waals surface area contributed by atoms with Crippen LogP contribution in [0.3, 0.4) is 0 Å². The molecule has 0 saturated heterocycles. The Hall–Kier alpha value is -1.69. The average Bonchev–Trinajstić information content (AvgIpc) is 2.31. The fourth-order valence-corrected chi connectivity index (χ4v) is 1.66. The Morgan fingerprint density at radius 3 is 2.74 bits per heavy atom. The van der Waals surface area contributed by atoms with Crippen LogP contribution in [0.1, 0.15) is 12.8 Å². The van der Waals surface area contributed by atoms with Crippen molar-refractivity contribution >= 4 is 17.3 Å². The summed E-state index contributed by atoms with van der Waals surface area (Å²) < 4.78 is 24.1. The molecule has 1 amide bonds. The molecule has 1 aromatic carbocycles. The number of para-hydroxylation sites is 2. The van der Waals surface area contributed by atoms with Gasteiger partial charge in [-0.25, -0.2) is 8.78 Å². The maximum Gasteiger partial charge on any atom is 0.251 e. The fraction of sp³-hybridized carbons (Fsp3) is 0.462. The number of carbonyl (C=O) groups is 1. The van der Waals surface area contributed by atoms with E-state index in [1.165, 1.54) is 4.90 Å². The summed E-state index contributed by atoms with van der Waals surface area (Å²) in [5.74, 6) is -0.164. The molecule has 0 aliphatic carbocycles. The number of carbonyl (C=O) groups excluding carboxylic acids is 1. The van der Waals surface area contributed by atoms with Crippen molar-refractivity contribution in [3.63, 3.8) is 0 Å². The lowest BCUT2D eigenvalue weighted by Gasteiger charge is -2.15. The van der Waals surface area contributed by atoms with Crippen LogP contribution in [0.4, 0.5) is 20.2 Å². The van der Waals surface area contributed by atoms with Crippen LogP contribution in [0.15, 0.2) is 24.3 Å². The highest BCUT2D eigenvalue weighted by molar-refractivity contribution is 5.93. The number of alkyl halides is 2. The molecule has 6 heteroatoms. The van der Waals surface area contributed by atoms with Gasteiger partial charge in [-0.2, -0.15) is 0 Å². The fourth-order valence-electron chi connectivity index (χ4n) is 1.66. The molecule has 0 radical (unpaired) electrons. The summed E-state index contributed by atoms with van der Waals surface area (Å²) in [4.78, 5) is 13.1. The summed E-state index contributed by atoms with van der Waals surface area (Å²) in [6, 6.07) is 6.98. The lowest BCUT2D eigenvalue weighted by Crippen LogP contribution is -2.26. The molecule has 19 heavy (non-hydrogen) atoms. The van der Waals surface area contributed by atoms with E-state index in [1.807, 2.05) is 0 Å². The molecule has 1 aromatic rings. The minimum atomic E-state index is -2.34. The molecule has 0 atom stereocenters. The number of nitrogens with zero attached hydrogens (tertiary/aromatic N) is 1. The van der Waals surface area contributed by atoms with Crippen molar-refractivity contribution in [1.29, 1.82) is 0 Å². The van der Waals surface area contributed by atoms with Crippen LogP contribution >= 0.6 is 0 Å². The molecule has 4 nitrogen and oxygen atoms in total. The lowest BCUT2D eigenvalue weighted by molar-refractivity contribution is -0.116. The number of nitrogens with two attached hydrogens (primary N) is 1. The van der Waals surface area contributed by atoms with Crippen molar-refractivity contribution in [2.24, 2.45) is 0 Å². The predicted molar refractivity (Wildman–Crippen MR) is 72.2 cm³/mol. The molecule has 106 valence electrons. The quantitative estimate of drug-likeness (QED) is 0.747. The highest BCUT2D eigenvalue weighted by atomic mass is 19.3. The molecule has 0 unspecified atom stereocenters. The molecular weight excluding hydrogens is 252 g/mol. The second-order valence-electron chi connectivity index (χ2n) is 4.39. The van der Waals surface area contributed by atoms with E-state index in [2.05, 4.69) is 5.32 Å². The van der Waals surface area contributed by atoms with Gasteiger partial charge in [-0.05, 0) is 32.1 Å². The largest absolute Gasteiger partial charge is 0.397 e. The molecule has 0 saturated carbocycles. The van der Waals surface area contributed by atoms with E-state index in [9.17, 15) is 13.6 Å². The van der Waals surface area contributed by atoms with Crippen LogP contribution < -0.4 is 11.1 Å². The standard InChI is InChI=1S/C13H19F2N3O/c1-18(9-12(14)15)8-4-7-13(19)17-11-6-3-2-5-10(11)16/h2-3,5-6,12H,4,7-9,16H2,1H3,(H,17,19). The van der Waals surface area contributed by atoms with E-state index in [-0.39, 0.29) is 18.9 Å². The van der Waals surface area contributed by atoms with Crippen LogP contribution in [0, 0.1) is 0 Å². The molecule has 0 fully saturated rings. The third-order valence-electron chi connectivity index (χ3n) is 2.63. The van der Waals surface area contributed by atoms with Gasteiger partial charge >= 0.3 is 0 Å². The van der Waals surface area contributed by atoms with Gasteiger partial charge < -0.3 is 16.0 Å². The van der Waals surface area contributed by atoms with Crippen molar-refractivity contribution in [2.75, 3.05) is 31.2 Å². The van der Waals surface area contributed by atoms with Gasteiger partial charge in [-0.15, -0.1) is 0 Å². The Balaban J connectivity index is 2.27. The highest BCUT2D eigenvalue weighted by Gasteiger charge is 2.09. The molecule has 3 N–H and O–H groups in total. The first-order chi connectivity index (χ1) is 8.99. The Morgan fingerprint density at radius 2 is 2.11 bits per heavy atom. The van der Waals surface area contributed by atoms with E-state index in [1.54, 1.807) is 31.3 Å². The summed E-state index contributed by atoms with van der Waals surface area (Å²) in [5.41, 5.74) is 6.78. The zero-order valence-corrected chi connectivity index (χ0v) is 10.9. The Bertz CT molecular complexity index is 413. The normalized spacial score (nSPS) is 11.0. The van der Waals surface area contributed by atoms with Crippen molar-refractivity contribution in [3.8, 4) is 0 Å². The van der Waals surface area contributed by atoms with Crippen LogP contribution in [-0.2, 0) is 4.79 Å². The number of halogens is 2. The molecule has 0 heterocycles. The Labute approximate surface area is 111 Å². The van der Waals surface area contributed by atoms with Gasteiger partial charge in [0.05, 0.1) is 17.9 Å². The van der Waals surface area contributed by atoms with Crippen molar-refractivity contribution in [2.45, 2.75) is 19.3 Å². The SMILES string of the molecule is CN(CCCC(=O)Nc1ccccc1N)CC(F)F. The minimum absolute atomic E-state index is 0.164. The van der Waals surface area contributed by atoms with E-state index in [4.69, 9.17) is 5.73 Å². The topological polar surface area (TPSA) is 58.4 Å². The first kappa shape index (κ1) is 15.4. The first-order valence-electron chi connectivity index (χ1n) is 6.10. The molecule has 0 aromatic heterocycles. The summed E-state index contributed by atoms with van der Waals surface area (Å²) in [6.07, 6.45) is -1.54. The van der Waals surface area contributed by atoms with E-state index < -0.39 is 6.43 Å². The summed E-state index contributed by atoms with van der Waals surface area (Å²) in [5, 5.41) is 2.69. The van der Waals surface area contributed by atoms with Gasteiger partial charge in [-0.1, -0.05) is 12.1 Å². The minimum Gasteiger partial charge on any atom is -0.397 e. The maximum absolute atomic E-state index is 12.1. The molecule has 0 bridgehead atoms. The molecule has 1 rings (SSSR count). The number of nitrogen functional groups attached to an aromatic ring is 1. The van der Waals surface area contributed by atoms with Crippen LogP contribution in [0.25, 0.3) is 0 Å². The lowest BCUT2D eigenvalue weighted by atomic mass is 10.2. The average molecular weight is 271 g/mol. The van der Waals surface area contributed by atoms with Crippen LogP contribution in [0.2, 0.25) is 0 Å². The predicted octanol–water partition coefficient (Wildman–Crippen LogP) is 2.18. The van der Waals surface area contributed by atoms with Crippen LogP contribution in [-0.4, -0.2) is 37.4 Å². The summed E-state index contributed by atoms with van der Waals surface area (Å²) >= 11 is 0. The maximum atomic E-state index is 12.1. The van der Waals surface area contributed by atoms with Gasteiger partial charge in [0, 0.05) is 6.42 Å². The van der Waals surface area contributed by atoms with Gasteiger partial charge in [0.1, 0.15) is 0 Å². The number of benzene rings is 1. The zero-order chi connectivity index (χ0) is 14.3. The molecular formula is C13H19F2N3O. The highest BCUT2D eigenvalue weighted by Crippen LogP contribution is 2.16. The monoisotopic (exact) mass is 271 g/mol. The van der Waals surface area contributed by atoms with Gasteiger partial charge in [0.15, 0.2) is 0 Å². The number of nitrogens with one attached hydrogen (secondary N) is 1. The van der Waals surface area contributed by atoms with E-state index in [0.29, 0.717) is 24.3 Å². The molecule has 0 aliphatic rings. The number of anilines is 2. The van der Waals surface area contributed by atoms with Crippen molar-refractivity contribution in [1.82, 2.24) is 4.90 Å². The first-order valence-corrected chi connectivity index (χ1v) is 6.10. The number of hydrogen-bond acceptors (Lipinski definition) is 3. The number of rotatable bonds is 7. The third-order valence-corrected chi connectivity index (χ3v) is 2.63. The smallest absolute Gasteiger partial charge is 0.251 e. The van der Waals surface area contributed by atoms with Gasteiger partial charge in [-0.3, -0.25) is 4.79 Å². The molecule has 0 aliphatic heterocycles. The van der Waals surface area contributed by atoms with Crippen molar-refractivity contribution < 1.29 is 13.6 Å². The van der Waals surface area contributed by atoms with E-state index in [0.717, 1.165) is 0 Å². The summed E-state index contributed by atoms with van der Waals surface area (Å²) in [7, 11) is 1.61. The zero-order valence-electron chi connectivity index (χ0n) is 10.9. The number of hydrogen-bond donors (Lipinski definition) is 2. The van der Waals surface area contributed by atoms with Crippen LogP contribution in [0.5, 0.6) is 0 Å².